The lowest BCUT2D eigenvalue weighted by Gasteiger charge is -2.40. The molecule has 29 heavy (non-hydrogen) atoms. The molecule has 1 aromatic rings. The van der Waals surface area contributed by atoms with E-state index in [2.05, 4.69) is 18.7 Å². The zero-order valence-corrected chi connectivity index (χ0v) is 19.3. The molecule has 2 atom stereocenters. The van der Waals surface area contributed by atoms with E-state index in [1.165, 1.54) is 11.3 Å². The van der Waals surface area contributed by atoms with Crippen LogP contribution in [0.25, 0.3) is 0 Å². The smallest absolute Gasteiger partial charge is 0.278 e. The van der Waals surface area contributed by atoms with Gasteiger partial charge in [0.05, 0.1) is 31.1 Å². The van der Waals surface area contributed by atoms with Crippen LogP contribution in [0, 0.1) is 20.8 Å². The van der Waals surface area contributed by atoms with Crippen LogP contribution in [0.2, 0.25) is 0 Å². The lowest BCUT2D eigenvalue weighted by molar-refractivity contribution is -0.896. The summed E-state index contributed by atoms with van der Waals surface area (Å²) in [4.78, 5) is 16.6. The van der Waals surface area contributed by atoms with Crippen molar-refractivity contribution in [2.24, 2.45) is 0 Å². The topological polar surface area (TPSA) is 62.1 Å². The molecule has 0 saturated carbocycles. The molecule has 1 N–H and O–H groups in total. The van der Waals surface area contributed by atoms with Crippen LogP contribution in [-0.2, 0) is 14.8 Å². The number of likely N-dealkylation sites (tertiary alicyclic amines) is 1. The van der Waals surface area contributed by atoms with Gasteiger partial charge in [-0.2, -0.15) is 4.31 Å². The minimum Gasteiger partial charge on any atom is -0.332 e. The first-order valence-corrected chi connectivity index (χ1v) is 12.3. The van der Waals surface area contributed by atoms with Gasteiger partial charge in [-0.25, -0.2) is 8.42 Å². The molecule has 162 valence electrons. The summed E-state index contributed by atoms with van der Waals surface area (Å²) in [5.74, 6) is 0.209. The molecule has 0 bridgehead atoms. The van der Waals surface area contributed by atoms with Crippen molar-refractivity contribution in [3.63, 3.8) is 0 Å². The second-order valence-electron chi connectivity index (χ2n) is 8.99. The number of quaternary nitrogens is 1. The lowest BCUT2D eigenvalue weighted by Crippen LogP contribution is -3.16. The number of carbonyl (C=O) groups is 1. The number of piperazine rings is 1. The number of carbonyl (C=O) groups excluding carboxylic acids is 1. The molecular weight excluding hydrogens is 386 g/mol. The second kappa shape index (κ2) is 8.74. The van der Waals surface area contributed by atoms with Crippen LogP contribution in [0.3, 0.4) is 0 Å². The molecule has 6 nitrogen and oxygen atoms in total. The van der Waals surface area contributed by atoms with Gasteiger partial charge in [-0.1, -0.05) is 17.7 Å². The molecule has 0 aromatic heterocycles. The van der Waals surface area contributed by atoms with Crippen LogP contribution in [0.15, 0.2) is 17.0 Å². The molecule has 0 unspecified atom stereocenters. The number of nitrogens with one attached hydrogen (secondary N) is 1. The summed E-state index contributed by atoms with van der Waals surface area (Å²) >= 11 is 0. The highest BCUT2D eigenvalue weighted by molar-refractivity contribution is 7.89. The van der Waals surface area contributed by atoms with Crippen LogP contribution in [0.1, 0.15) is 49.8 Å². The van der Waals surface area contributed by atoms with Crippen molar-refractivity contribution >= 4 is 15.9 Å². The molecule has 2 saturated heterocycles. The summed E-state index contributed by atoms with van der Waals surface area (Å²) in [6.07, 6.45) is 3.34. The maximum atomic E-state index is 13.2. The third-order valence-electron chi connectivity index (χ3n) is 6.51. The Balaban J connectivity index is 1.64. The zero-order valence-electron chi connectivity index (χ0n) is 18.5. The normalized spacial score (nSPS) is 24.7. The van der Waals surface area contributed by atoms with Gasteiger partial charge in [-0.15, -0.1) is 0 Å². The first-order chi connectivity index (χ1) is 13.6. The number of piperidine rings is 1. The van der Waals surface area contributed by atoms with Gasteiger partial charge in [0.1, 0.15) is 0 Å². The summed E-state index contributed by atoms with van der Waals surface area (Å²) in [5.41, 5.74) is 2.69. The predicted molar refractivity (Wildman–Crippen MR) is 115 cm³/mol. The number of amides is 1. The molecule has 7 heteroatoms. The summed E-state index contributed by atoms with van der Waals surface area (Å²) in [6.45, 7) is 12.7. The van der Waals surface area contributed by atoms with Crippen molar-refractivity contribution in [3.8, 4) is 0 Å². The Bertz CT molecular complexity index is 827. The molecule has 3 rings (SSSR count). The largest absolute Gasteiger partial charge is 0.332 e. The van der Waals surface area contributed by atoms with Crippen LogP contribution in [0.4, 0.5) is 0 Å². The Morgan fingerprint density at radius 2 is 1.55 bits per heavy atom. The van der Waals surface area contributed by atoms with Crippen molar-refractivity contribution in [2.75, 3.05) is 32.7 Å². The average molecular weight is 423 g/mol. The molecule has 2 aliphatic rings. The van der Waals surface area contributed by atoms with E-state index in [9.17, 15) is 13.2 Å². The second-order valence-corrected chi connectivity index (χ2v) is 10.9. The van der Waals surface area contributed by atoms with E-state index in [1.807, 2.05) is 32.9 Å². The van der Waals surface area contributed by atoms with E-state index in [4.69, 9.17) is 0 Å². The van der Waals surface area contributed by atoms with E-state index in [0.29, 0.717) is 49.7 Å². The zero-order chi connectivity index (χ0) is 21.3. The van der Waals surface area contributed by atoms with Gasteiger partial charge in [0, 0.05) is 12.1 Å². The number of aryl methyl sites for hydroxylation is 3. The third-order valence-corrected chi connectivity index (χ3v) is 8.72. The molecule has 1 aromatic carbocycles. The summed E-state index contributed by atoms with van der Waals surface area (Å²) < 4.78 is 28.1. The molecule has 2 aliphatic heterocycles. The van der Waals surface area contributed by atoms with Crippen LogP contribution in [-0.4, -0.2) is 68.3 Å². The minimum atomic E-state index is -3.51. The molecule has 2 fully saturated rings. The Morgan fingerprint density at radius 1 is 1.03 bits per heavy atom. The van der Waals surface area contributed by atoms with E-state index in [-0.39, 0.29) is 5.91 Å². The van der Waals surface area contributed by atoms with E-state index in [0.717, 1.165) is 29.5 Å². The Morgan fingerprint density at radius 3 is 2.07 bits per heavy atom. The van der Waals surface area contributed by atoms with Gasteiger partial charge in [-0.3, -0.25) is 4.79 Å². The summed E-state index contributed by atoms with van der Waals surface area (Å²) in [5, 5.41) is 0. The van der Waals surface area contributed by atoms with Crippen LogP contribution < -0.4 is 4.90 Å². The van der Waals surface area contributed by atoms with Gasteiger partial charge in [0.15, 0.2) is 6.54 Å². The van der Waals surface area contributed by atoms with Crippen molar-refractivity contribution in [2.45, 2.75) is 70.9 Å². The first kappa shape index (κ1) is 22.2. The standard InChI is InChI=1S/C22H35N3O3S/c1-16-13-17(2)22(18(3)14-16)29(27,28)24-11-9-23(10-12-24)15-21(26)25-19(4)7-6-8-20(25)5/h13-14,19-20H,6-12,15H2,1-5H3/p+1/t19-,20-/m1/s1. The van der Waals surface area contributed by atoms with E-state index < -0.39 is 10.0 Å². The van der Waals surface area contributed by atoms with Gasteiger partial charge < -0.3 is 9.80 Å². The van der Waals surface area contributed by atoms with E-state index >= 15 is 0 Å². The molecule has 0 radical (unpaired) electrons. The maximum absolute atomic E-state index is 13.2. The SMILES string of the molecule is Cc1cc(C)c(S(=O)(=O)N2CC[NH+](CC(=O)N3[C@H](C)CCC[C@H]3C)CC2)c(C)c1. The number of rotatable bonds is 4. The number of hydrogen-bond donors (Lipinski definition) is 1. The van der Waals surface area contributed by atoms with Crippen molar-refractivity contribution in [1.82, 2.24) is 9.21 Å². The average Bonchev–Trinajstić information content (AvgIpc) is 2.60. The van der Waals surface area contributed by atoms with E-state index in [1.54, 1.807) is 4.31 Å². The molecule has 2 heterocycles. The van der Waals surface area contributed by atoms with Crippen LogP contribution in [0.5, 0.6) is 0 Å². The lowest BCUT2D eigenvalue weighted by atomic mass is 9.97. The fourth-order valence-electron chi connectivity index (χ4n) is 5.14. The van der Waals surface area contributed by atoms with Crippen molar-refractivity contribution in [3.05, 3.63) is 28.8 Å². The maximum Gasteiger partial charge on any atom is 0.278 e. The summed E-state index contributed by atoms with van der Waals surface area (Å²) in [6, 6.07) is 4.47. The van der Waals surface area contributed by atoms with Gasteiger partial charge >= 0.3 is 0 Å². The number of sulfonamides is 1. The first-order valence-electron chi connectivity index (χ1n) is 10.8. The molecular formula is C22H36N3O3S+. The van der Waals surface area contributed by atoms with Crippen LogP contribution >= 0.6 is 0 Å². The highest BCUT2D eigenvalue weighted by Crippen LogP contribution is 2.25. The van der Waals surface area contributed by atoms with Gasteiger partial charge in [-0.05, 0) is 65.0 Å². The van der Waals surface area contributed by atoms with Gasteiger partial charge in [0.2, 0.25) is 10.0 Å². The highest BCUT2D eigenvalue weighted by atomic mass is 32.2. The quantitative estimate of drug-likeness (QED) is 0.795. The fraction of sp³-hybridized carbons (Fsp3) is 0.682. The third kappa shape index (κ3) is 4.67. The predicted octanol–water partition coefficient (Wildman–Crippen LogP) is 1.29. The fourth-order valence-corrected chi connectivity index (χ4v) is 6.99. The molecule has 0 spiro atoms. The molecule has 0 aliphatic carbocycles. The monoisotopic (exact) mass is 422 g/mol. The van der Waals surface area contributed by atoms with Crippen molar-refractivity contribution < 1.29 is 18.1 Å². The Labute approximate surface area is 175 Å². The number of benzene rings is 1. The number of hydrogen-bond acceptors (Lipinski definition) is 3. The minimum absolute atomic E-state index is 0.209. The van der Waals surface area contributed by atoms with Gasteiger partial charge in [0.25, 0.3) is 5.91 Å². The Kier molecular flexibility index (Phi) is 6.70. The molecule has 1 amide bonds. The summed E-state index contributed by atoms with van der Waals surface area (Å²) in [7, 11) is -3.51. The Hall–Kier alpha value is -1.44. The highest BCUT2D eigenvalue weighted by Gasteiger charge is 2.35. The number of nitrogens with zero attached hydrogens (tertiary/aromatic N) is 2. The van der Waals surface area contributed by atoms with Crippen molar-refractivity contribution in [1.29, 1.82) is 0 Å².